The van der Waals surface area contributed by atoms with Crippen LogP contribution in [-0.4, -0.2) is 66.1 Å². The highest BCUT2D eigenvalue weighted by atomic mass is 16.6. The van der Waals surface area contributed by atoms with Gasteiger partial charge in [-0.2, -0.15) is 0 Å². The van der Waals surface area contributed by atoms with Crippen molar-refractivity contribution < 1.29 is 23.7 Å². The predicted octanol–water partition coefficient (Wildman–Crippen LogP) is 6.57. The third kappa shape index (κ3) is 29.8. The lowest BCUT2D eigenvalue weighted by Crippen LogP contribution is -2.13. The van der Waals surface area contributed by atoms with Crippen molar-refractivity contribution in [1.82, 2.24) is 0 Å². The third-order valence-corrected chi connectivity index (χ3v) is 5.27. The second-order valence-corrected chi connectivity index (χ2v) is 8.30. The van der Waals surface area contributed by atoms with Gasteiger partial charge in [0.25, 0.3) is 0 Å². The minimum atomic E-state index is 0.606. The van der Waals surface area contributed by atoms with E-state index < -0.39 is 0 Å². The maximum absolute atomic E-state index is 5.63. The molecule has 0 spiro atoms. The smallest absolute Gasteiger partial charge is 0.0701 e. The van der Waals surface area contributed by atoms with E-state index in [0.717, 1.165) is 19.6 Å². The fourth-order valence-corrected chi connectivity index (χ4v) is 3.30. The Kier molecular flexibility index (Phi) is 29.6. The Bertz CT molecular complexity index is 274. The van der Waals surface area contributed by atoms with Crippen molar-refractivity contribution in [3.63, 3.8) is 0 Å². The van der Waals surface area contributed by atoms with Crippen LogP contribution in [0.5, 0.6) is 0 Å². The van der Waals surface area contributed by atoms with Gasteiger partial charge in [0.15, 0.2) is 0 Å². The highest BCUT2D eigenvalue weighted by molar-refractivity contribution is 4.48. The summed E-state index contributed by atoms with van der Waals surface area (Å²) in [5.74, 6) is 0. The summed E-state index contributed by atoms with van der Waals surface area (Å²) in [5, 5.41) is 0. The summed E-state index contributed by atoms with van der Waals surface area (Å²) < 4.78 is 27.6. The molecule has 0 aliphatic heterocycles. The van der Waals surface area contributed by atoms with E-state index in [0.29, 0.717) is 52.9 Å². The van der Waals surface area contributed by atoms with Crippen molar-refractivity contribution >= 4 is 0 Å². The molecule has 0 aromatic carbocycles. The number of rotatable bonds is 28. The van der Waals surface area contributed by atoms with Gasteiger partial charge in [-0.15, -0.1) is 0 Å². The zero-order valence-corrected chi connectivity index (χ0v) is 21.0. The molecule has 0 fully saturated rings. The fraction of sp³-hybridized carbons (Fsp3) is 1.00. The van der Waals surface area contributed by atoms with Crippen molar-refractivity contribution in [2.75, 3.05) is 66.1 Å². The third-order valence-electron chi connectivity index (χ3n) is 5.27. The van der Waals surface area contributed by atoms with Gasteiger partial charge >= 0.3 is 0 Å². The molecule has 0 rings (SSSR count). The number of unbranched alkanes of at least 4 members (excludes halogenated alkanes) is 12. The highest BCUT2D eigenvalue weighted by Gasteiger charge is 1.95. The quantitative estimate of drug-likeness (QED) is 0.127. The lowest BCUT2D eigenvalue weighted by Gasteiger charge is -2.08. The van der Waals surface area contributed by atoms with Gasteiger partial charge in [0, 0.05) is 13.2 Å². The molecule has 5 heteroatoms. The molecule has 0 saturated heterocycles. The van der Waals surface area contributed by atoms with Crippen LogP contribution < -0.4 is 0 Å². The molecule has 0 aliphatic rings. The zero-order valence-electron chi connectivity index (χ0n) is 21.0. The maximum atomic E-state index is 5.63. The van der Waals surface area contributed by atoms with Gasteiger partial charge in [-0.1, -0.05) is 90.9 Å². The molecule has 0 aliphatic carbocycles. The van der Waals surface area contributed by atoms with Crippen LogP contribution in [0.3, 0.4) is 0 Å². The van der Waals surface area contributed by atoms with E-state index in [1.807, 2.05) is 0 Å². The minimum absolute atomic E-state index is 0.606. The lowest BCUT2D eigenvalue weighted by molar-refractivity contribution is -0.0114. The zero-order chi connectivity index (χ0) is 22.5. The van der Waals surface area contributed by atoms with Crippen LogP contribution >= 0.6 is 0 Å². The first-order chi connectivity index (χ1) is 15.4. The second-order valence-electron chi connectivity index (χ2n) is 8.30. The van der Waals surface area contributed by atoms with E-state index in [9.17, 15) is 0 Å². The molecule has 0 radical (unpaired) electrons. The fourth-order valence-electron chi connectivity index (χ4n) is 3.30. The minimum Gasteiger partial charge on any atom is -0.379 e. The molecule has 0 atom stereocenters. The molecule has 0 unspecified atom stereocenters. The van der Waals surface area contributed by atoms with Crippen molar-refractivity contribution in [2.45, 2.75) is 104 Å². The molecule has 0 heterocycles. The Morgan fingerprint density at radius 3 is 0.839 bits per heavy atom. The van der Waals surface area contributed by atoms with Gasteiger partial charge in [-0.05, 0) is 12.8 Å². The summed E-state index contributed by atoms with van der Waals surface area (Å²) in [6.07, 6.45) is 18.7. The molecule has 31 heavy (non-hydrogen) atoms. The first-order valence-electron chi connectivity index (χ1n) is 13.3. The van der Waals surface area contributed by atoms with E-state index in [-0.39, 0.29) is 0 Å². The SMILES string of the molecule is CCCCCCCCCCCCCOCCOCCOCCOCCOCCCCC. The molecule has 0 aromatic heterocycles. The van der Waals surface area contributed by atoms with Gasteiger partial charge in [-0.25, -0.2) is 0 Å². The Hall–Kier alpha value is -0.200. The lowest BCUT2D eigenvalue weighted by atomic mass is 10.1. The molecule has 5 nitrogen and oxygen atoms in total. The topological polar surface area (TPSA) is 46.2 Å². The van der Waals surface area contributed by atoms with E-state index >= 15 is 0 Å². The molecule has 0 saturated carbocycles. The van der Waals surface area contributed by atoms with Crippen molar-refractivity contribution in [1.29, 1.82) is 0 Å². The summed E-state index contributed by atoms with van der Waals surface area (Å²) in [6.45, 7) is 11.3. The standard InChI is InChI=1S/C26H54O5/c1-3-5-7-8-9-10-11-12-13-14-16-18-28-20-22-30-24-26-31-25-23-29-21-19-27-17-15-6-4-2/h3-26H2,1-2H3. The van der Waals surface area contributed by atoms with Gasteiger partial charge in [-0.3, -0.25) is 0 Å². The largest absolute Gasteiger partial charge is 0.379 e. The van der Waals surface area contributed by atoms with Crippen LogP contribution in [0.4, 0.5) is 0 Å². The first-order valence-corrected chi connectivity index (χ1v) is 13.3. The Morgan fingerprint density at radius 1 is 0.258 bits per heavy atom. The van der Waals surface area contributed by atoms with E-state index in [4.69, 9.17) is 23.7 Å². The number of ether oxygens (including phenoxy) is 5. The average Bonchev–Trinajstić information content (AvgIpc) is 2.78. The number of hydrogen-bond acceptors (Lipinski definition) is 5. The second kappa shape index (κ2) is 29.8. The van der Waals surface area contributed by atoms with E-state index in [2.05, 4.69) is 13.8 Å². The van der Waals surface area contributed by atoms with Gasteiger partial charge in [0.1, 0.15) is 0 Å². The van der Waals surface area contributed by atoms with Gasteiger partial charge in [0.05, 0.1) is 52.9 Å². The van der Waals surface area contributed by atoms with Gasteiger partial charge < -0.3 is 23.7 Å². The van der Waals surface area contributed by atoms with Crippen LogP contribution in [0.15, 0.2) is 0 Å². The molecule has 188 valence electrons. The summed E-state index contributed by atoms with van der Waals surface area (Å²) in [6, 6.07) is 0. The van der Waals surface area contributed by atoms with Crippen molar-refractivity contribution in [3.05, 3.63) is 0 Å². The molecule has 0 amide bonds. The monoisotopic (exact) mass is 446 g/mol. The summed E-state index contributed by atoms with van der Waals surface area (Å²) in [7, 11) is 0. The van der Waals surface area contributed by atoms with Crippen LogP contribution in [0.1, 0.15) is 104 Å². The Morgan fingerprint density at radius 2 is 0.484 bits per heavy atom. The molecular weight excluding hydrogens is 392 g/mol. The van der Waals surface area contributed by atoms with E-state index in [1.54, 1.807) is 0 Å². The number of hydrogen-bond donors (Lipinski definition) is 0. The van der Waals surface area contributed by atoms with Crippen molar-refractivity contribution in [2.24, 2.45) is 0 Å². The normalized spacial score (nSPS) is 11.4. The van der Waals surface area contributed by atoms with E-state index in [1.165, 1.54) is 83.5 Å². The Labute approximate surface area is 193 Å². The van der Waals surface area contributed by atoms with Crippen LogP contribution in [0, 0.1) is 0 Å². The predicted molar refractivity (Wildman–Crippen MR) is 130 cm³/mol. The summed E-state index contributed by atoms with van der Waals surface area (Å²) in [5.41, 5.74) is 0. The summed E-state index contributed by atoms with van der Waals surface area (Å²) >= 11 is 0. The van der Waals surface area contributed by atoms with Crippen LogP contribution in [0.25, 0.3) is 0 Å². The molecule has 0 aromatic rings. The maximum Gasteiger partial charge on any atom is 0.0701 e. The molecule has 0 N–H and O–H groups in total. The van der Waals surface area contributed by atoms with Crippen molar-refractivity contribution in [3.8, 4) is 0 Å². The average molecular weight is 447 g/mol. The Balaban J connectivity index is 2.98. The molecule has 0 bridgehead atoms. The highest BCUT2D eigenvalue weighted by Crippen LogP contribution is 2.11. The van der Waals surface area contributed by atoms with Gasteiger partial charge in [0.2, 0.25) is 0 Å². The van der Waals surface area contributed by atoms with Crippen LogP contribution in [0.2, 0.25) is 0 Å². The van der Waals surface area contributed by atoms with Crippen LogP contribution in [-0.2, 0) is 23.7 Å². The molecular formula is C26H54O5. The first kappa shape index (κ1) is 30.8. The summed E-state index contributed by atoms with van der Waals surface area (Å²) in [4.78, 5) is 0.